The van der Waals surface area contributed by atoms with Crippen molar-refractivity contribution in [1.29, 1.82) is 0 Å². The topological polar surface area (TPSA) is 30.5 Å². The maximum absolute atomic E-state index is 6.24. The van der Waals surface area contributed by atoms with Crippen LogP contribution in [0.3, 0.4) is 0 Å². The molecule has 0 aliphatic rings. The normalized spacial score (nSPS) is 10.6. The number of hydrogen-bond acceptors (Lipinski definition) is 3. The van der Waals surface area contributed by atoms with Crippen molar-refractivity contribution in [2.75, 3.05) is 11.9 Å². The molecule has 0 spiro atoms. The van der Waals surface area contributed by atoms with Gasteiger partial charge in [0.1, 0.15) is 6.61 Å². The van der Waals surface area contributed by atoms with Gasteiger partial charge in [-0.05, 0) is 79.8 Å². The first-order valence-corrected chi connectivity index (χ1v) is 11.4. The number of nitrogens with one attached hydrogen (secondary N) is 1. The predicted octanol–water partition coefficient (Wildman–Crippen LogP) is 7.38. The predicted molar refractivity (Wildman–Crippen MR) is 133 cm³/mol. The van der Waals surface area contributed by atoms with E-state index in [2.05, 4.69) is 84.1 Å². The molecule has 4 heteroatoms. The molecule has 3 nitrogen and oxygen atoms in total. The van der Waals surface area contributed by atoms with Crippen LogP contribution in [0.2, 0.25) is 0 Å². The molecule has 0 bridgehead atoms. The average molecular weight is 480 g/mol. The van der Waals surface area contributed by atoms with Crippen molar-refractivity contribution in [2.45, 2.75) is 40.3 Å². The molecule has 0 heterocycles. The molecule has 1 N–H and O–H groups in total. The molecule has 31 heavy (non-hydrogen) atoms. The average Bonchev–Trinajstić information content (AvgIpc) is 2.75. The molecule has 0 fully saturated rings. The van der Waals surface area contributed by atoms with Gasteiger partial charge < -0.3 is 14.8 Å². The monoisotopic (exact) mass is 479 g/mol. The van der Waals surface area contributed by atoms with Gasteiger partial charge >= 0.3 is 0 Å². The SMILES string of the molecule is C=CCc1cc(CNc2cc(C)ccc2C)cc(OCC)c1OCc1ccc(Br)cc1. The van der Waals surface area contributed by atoms with Crippen molar-refractivity contribution in [2.24, 2.45) is 0 Å². The molecule has 3 aromatic carbocycles. The summed E-state index contributed by atoms with van der Waals surface area (Å²) in [4.78, 5) is 0. The maximum Gasteiger partial charge on any atom is 0.165 e. The summed E-state index contributed by atoms with van der Waals surface area (Å²) in [5.74, 6) is 1.57. The Bertz CT molecular complexity index is 1030. The second kappa shape index (κ2) is 11.1. The summed E-state index contributed by atoms with van der Waals surface area (Å²) in [5.41, 5.74) is 6.96. The summed E-state index contributed by atoms with van der Waals surface area (Å²) in [7, 11) is 0. The third-order valence-electron chi connectivity index (χ3n) is 5.03. The molecule has 0 saturated carbocycles. The largest absolute Gasteiger partial charge is 0.490 e. The Kier molecular flexibility index (Phi) is 8.19. The minimum absolute atomic E-state index is 0.484. The smallest absolute Gasteiger partial charge is 0.165 e. The Morgan fingerprint density at radius 2 is 1.74 bits per heavy atom. The molecule has 0 radical (unpaired) electrons. The van der Waals surface area contributed by atoms with E-state index in [1.54, 1.807) is 0 Å². The number of benzene rings is 3. The lowest BCUT2D eigenvalue weighted by atomic mass is 10.0. The van der Waals surface area contributed by atoms with E-state index in [0.717, 1.165) is 38.3 Å². The van der Waals surface area contributed by atoms with Crippen molar-refractivity contribution >= 4 is 21.6 Å². The zero-order chi connectivity index (χ0) is 22.2. The quantitative estimate of drug-likeness (QED) is 0.307. The first-order chi connectivity index (χ1) is 15.0. The molecule has 0 unspecified atom stereocenters. The van der Waals surface area contributed by atoms with Gasteiger partial charge in [0.2, 0.25) is 0 Å². The lowest BCUT2D eigenvalue weighted by molar-refractivity contribution is 0.267. The van der Waals surface area contributed by atoms with E-state index in [-0.39, 0.29) is 0 Å². The summed E-state index contributed by atoms with van der Waals surface area (Å²) >= 11 is 3.48. The van der Waals surface area contributed by atoms with Crippen LogP contribution in [0.25, 0.3) is 0 Å². The first-order valence-electron chi connectivity index (χ1n) is 10.6. The Hall–Kier alpha value is -2.72. The summed E-state index contributed by atoms with van der Waals surface area (Å²) in [6.45, 7) is 11.9. The lowest BCUT2D eigenvalue weighted by Crippen LogP contribution is -2.06. The highest BCUT2D eigenvalue weighted by Gasteiger charge is 2.14. The standard InChI is InChI=1S/C27H30BrNO2/c1-5-7-23-15-22(17-29-25-14-19(3)8-9-20(25)4)16-26(30-6-2)27(23)31-18-21-10-12-24(28)13-11-21/h5,8-16,29H,1,6-7,17-18H2,2-4H3. The minimum Gasteiger partial charge on any atom is -0.490 e. The van der Waals surface area contributed by atoms with Gasteiger partial charge in [0, 0.05) is 22.3 Å². The van der Waals surface area contributed by atoms with E-state index in [0.29, 0.717) is 26.2 Å². The van der Waals surface area contributed by atoms with Crippen molar-refractivity contribution < 1.29 is 9.47 Å². The number of halogens is 1. The van der Waals surface area contributed by atoms with Crippen LogP contribution in [-0.2, 0) is 19.6 Å². The van der Waals surface area contributed by atoms with Gasteiger partial charge in [0.25, 0.3) is 0 Å². The van der Waals surface area contributed by atoms with E-state index in [1.807, 2.05) is 25.1 Å². The molecule has 162 valence electrons. The highest BCUT2D eigenvalue weighted by atomic mass is 79.9. The third kappa shape index (κ3) is 6.38. The Morgan fingerprint density at radius 1 is 0.968 bits per heavy atom. The fourth-order valence-electron chi connectivity index (χ4n) is 3.42. The highest BCUT2D eigenvalue weighted by molar-refractivity contribution is 9.10. The number of hydrogen-bond donors (Lipinski definition) is 1. The molecule has 0 saturated heterocycles. The second-order valence-corrected chi connectivity index (χ2v) is 8.51. The van der Waals surface area contributed by atoms with Crippen molar-refractivity contribution in [3.8, 4) is 11.5 Å². The minimum atomic E-state index is 0.484. The van der Waals surface area contributed by atoms with Gasteiger partial charge in [0.05, 0.1) is 6.61 Å². The second-order valence-electron chi connectivity index (χ2n) is 7.60. The number of rotatable bonds is 10. The van der Waals surface area contributed by atoms with Crippen LogP contribution in [0.5, 0.6) is 11.5 Å². The number of aryl methyl sites for hydroxylation is 2. The molecule has 3 aromatic rings. The lowest BCUT2D eigenvalue weighted by Gasteiger charge is -2.18. The van der Waals surface area contributed by atoms with Gasteiger partial charge in [-0.3, -0.25) is 0 Å². The van der Waals surface area contributed by atoms with Crippen molar-refractivity contribution in [3.63, 3.8) is 0 Å². The van der Waals surface area contributed by atoms with Crippen molar-refractivity contribution in [1.82, 2.24) is 0 Å². The van der Waals surface area contributed by atoms with Gasteiger partial charge in [-0.2, -0.15) is 0 Å². The molecule has 0 atom stereocenters. The highest BCUT2D eigenvalue weighted by Crippen LogP contribution is 2.35. The zero-order valence-electron chi connectivity index (χ0n) is 18.5. The van der Waals surface area contributed by atoms with Gasteiger partial charge in [0.15, 0.2) is 11.5 Å². The number of anilines is 1. The molecule has 0 amide bonds. The van der Waals surface area contributed by atoms with Crippen LogP contribution in [0.1, 0.15) is 34.7 Å². The molecular formula is C27H30BrNO2. The molecule has 0 aliphatic heterocycles. The molecular weight excluding hydrogens is 450 g/mol. The summed E-state index contributed by atoms with van der Waals surface area (Å²) in [6.07, 6.45) is 2.62. The van der Waals surface area contributed by atoms with Crippen LogP contribution in [0, 0.1) is 13.8 Å². The Balaban J connectivity index is 1.85. The van der Waals surface area contributed by atoms with E-state index >= 15 is 0 Å². The van der Waals surface area contributed by atoms with Crippen LogP contribution < -0.4 is 14.8 Å². The van der Waals surface area contributed by atoms with Crippen LogP contribution in [0.15, 0.2) is 71.7 Å². The zero-order valence-corrected chi connectivity index (χ0v) is 20.1. The summed E-state index contributed by atoms with van der Waals surface area (Å²) in [5, 5.41) is 3.56. The van der Waals surface area contributed by atoms with E-state index in [9.17, 15) is 0 Å². The first kappa shape index (κ1) is 23.0. The fourth-order valence-corrected chi connectivity index (χ4v) is 3.68. The van der Waals surface area contributed by atoms with E-state index < -0.39 is 0 Å². The number of allylic oxidation sites excluding steroid dienone is 1. The van der Waals surface area contributed by atoms with Gasteiger partial charge in [-0.25, -0.2) is 0 Å². The van der Waals surface area contributed by atoms with Gasteiger partial charge in [-0.15, -0.1) is 6.58 Å². The van der Waals surface area contributed by atoms with Crippen LogP contribution in [0.4, 0.5) is 5.69 Å². The summed E-state index contributed by atoms with van der Waals surface area (Å²) in [6, 6.07) is 18.9. The Labute approximate surface area is 194 Å². The third-order valence-corrected chi connectivity index (χ3v) is 5.56. The summed E-state index contributed by atoms with van der Waals surface area (Å²) < 4.78 is 13.3. The Morgan fingerprint density at radius 3 is 2.45 bits per heavy atom. The van der Waals surface area contributed by atoms with Crippen LogP contribution in [-0.4, -0.2) is 6.61 Å². The van der Waals surface area contributed by atoms with E-state index in [1.165, 1.54) is 11.1 Å². The number of ether oxygens (including phenoxy) is 2. The van der Waals surface area contributed by atoms with Crippen LogP contribution >= 0.6 is 15.9 Å². The van der Waals surface area contributed by atoms with Crippen molar-refractivity contribution in [3.05, 3.63) is 99.5 Å². The van der Waals surface area contributed by atoms with E-state index in [4.69, 9.17) is 9.47 Å². The molecule has 0 aliphatic carbocycles. The maximum atomic E-state index is 6.24. The molecule has 0 aromatic heterocycles. The fraction of sp³-hybridized carbons (Fsp3) is 0.259. The molecule has 3 rings (SSSR count). The van der Waals surface area contributed by atoms with Gasteiger partial charge in [-0.1, -0.05) is 46.3 Å².